The van der Waals surface area contributed by atoms with Crippen LogP contribution in [0.1, 0.15) is 5.56 Å². The van der Waals surface area contributed by atoms with Crippen LogP contribution in [0.5, 0.6) is 5.75 Å². The quantitative estimate of drug-likeness (QED) is 0.672. The lowest BCUT2D eigenvalue weighted by atomic mass is 10.2. The Hall–Kier alpha value is -1.39. The standard InChI is InChI=1S/C14H13ClFNOS/c1-18-11-4-2-9(12(16)7-11)8-19-14-5-3-10(15)6-13(14)17/h2-7H,8,17H2,1H3. The van der Waals surface area contributed by atoms with Gasteiger partial charge < -0.3 is 10.5 Å². The average molecular weight is 298 g/mol. The highest BCUT2D eigenvalue weighted by Gasteiger charge is 2.06. The number of hydrogen-bond acceptors (Lipinski definition) is 3. The molecule has 5 heteroatoms. The molecule has 0 heterocycles. The normalized spacial score (nSPS) is 10.5. The molecule has 100 valence electrons. The van der Waals surface area contributed by atoms with Crippen LogP contribution in [0.15, 0.2) is 41.3 Å². The summed E-state index contributed by atoms with van der Waals surface area (Å²) in [5.74, 6) is 0.735. The van der Waals surface area contributed by atoms with E-state index in [2.05, 4.69) is 0 Å². The average Bonchev–Trinajstić information content (AvgIpc) is 2.39. The second-order valence-electron chi connectivity index (χ2n) is 3.93. The van der Waals surface area contributed by atoms with Crippen molar-refractivity contribution in [2.75, 3.05) is 12.8 Å². The van der Waals surface area contributed by atoms with Gasteiger partial charge in [-0.1, -0.05) is 17.7 Å². The monoisotopic (exact) mass is 297 g/mol. The van der Waals surface area contributed by atoms with Gasteiger partial charge in [-0.3, -0.25) is 0 Å². The summed E-state index contributed by atoms with van der Waals surface area (Å²) in [6.07, 6.45) is 0. The van der Waals surface area contributed by atoms with E-state index in [1.807, 2.05) is 6.07 Å². The first-order chi connectivity index (χ1) is 9.10. The third kappa shape index (κ3) is 3.55. The molecule has 0 atom stereocenters. The first-order valence-electron chi connectivity index (χ1n) is 5.60. The largest absolute Gasteiger partial charge is 0.497 e. The van der Waals surface area contributed by atoms with Crippen molar-refractivity contribution < 1.29 is 9.13 Å². The van der Waals surface area contributed by atoms with E-state index in [-0.39, 0.29) is 5.82 Å². The molecule has 0 saturated carbocycles. The number of nitrogen functional groups attached to an aromatic ring is 1. The number of methoxy groups -OCH3 is 1. The summed E-state index contributed by atoms with van der Waals surface area (Å²) in [6, 6.07) is 10.1. The van der Waals surface area contributed by atoms with Crippen LogP contribution in [-0.4, -0.2) is 7.11 Å². The van der Waals surface area contributed by atoms with E-state index < -0.39 is 0 Å². The minimum absolute atomic E-state index is 0.278. The van der Waals surface area contributed by atoms with Gasteiger partial charge in [0, 0.05) is 27.4 Å². The molecule has 0 radical (unpaired) electrons. The number of benzene rings is 2. The van der Waals surface area contributed by atoms with Crippen molar-refractivity contribution in [2.45, 2.75) is 10.6 Å². The maximum Gasteiger partial charge on any atom is 0.130 e. The van der Waals surface area contributed by atoms with Gasteiger partial charge in [0.25, 0.3) is 0 Å². The summed E-state index contributed by atoms with van der Waals surface area (Å²) < 4.78 is 18.7. The molecular weight excluding hydrogens is 285 g/mol. The van der Waals surface area contributed by atoms with Gasteiger partial charge in [-0.05, 0) is 29.8 Å². The molecule has 0 aliphatic carbocycles. The van der Waals surface area contributed by atoms with E-state index in [1.54, 1.807) is 24.3 Å². The number of ether oxygens (including phenoxy) is 1. The zero-order valence-corrected chi connectivity index (χ0v) is 11.9. The van der Waals surface area contributed by atoms with E-state index >= 15 is 0 Å². The third-order valence-electron chi connectivity index (χ3n) is 2.62. The molecule has 2 N–H and O–H groups in total. The van der Waals surface area contributed by atoms with Crippen LogP contribution in [0.3, 0.4) is 0 Å². The highest BCUT2D eigenvalue weighted by molar-refractivity contribution is 7.98. The van der Waals surface area contributed by atoms with Crippen LogP contribution < -0.4 is 10.5 Å². The summed E-state index contributed by atoms with van der Waals surface area (Å²) in [7, 11) is 1.51. The Morgan fingerprint density at radius 2 is 2.05 bits per heavy atom. The molecule has 0 saturated heterocycles. The van der Waals surface area contributed by atoms with Gasteiger partial charge in [0.15, 0.2) is 0 Å². The van der Waals surface area contributed by atoms with Crippen LogP contribution in [0, 0.1) is 5.82 Å². The fourth-order valence-corrected chi connectivity index (χ4v) is 2.69. The predicted octanol–water partition coefficient (Wildman–Crippen LogP) is 4.36. The Kier molecular flexibility index (Phi) is 4.56. The Balaban J connectivity index is 2.10. The fraction of sp³-hybridized carbons (Fsp3) is 0.143. The molecular formula is C14H13ClFNOS. The van der Waals surface area contributed by atoms with Crippen molar-refractivity contribution in [3.05, 3.63) is 52.8 Å². The van der Waals surface area contributed by atoms with Crippen molar-refractivity contribution in [3.63, 3.8) is 0 Å². The van der Waals surface area contributed by atoms with E-state index in [0.717, 1.165) is 4.90 Å². The molecule has 0 unspecified atom stereocenters. The Morgan fingerprint density at radius 3 is 2.68 bits per heavy atom. The molecule has 0 aliphatic rings. The van der Waals surface area contributed by atoms with Gasteiger partial charge in [0.05, 0.1) is 7.11 Å². The highest BCUT2D eigenvalue weighted by atomic mass is 35.5. The zero-order valence-electron chi connectivity index (χ0n) is 10.3. The van der Waals surface area contributed by atoms with Gasteiger partial charge in [0.1, 0.15) is 11.6 Å². The number of rotatable bonds is 4. The molecule has 0 spiro atoms. The predicted molar refractivity (Wildman–Crippen MR) is 78.4 cm³/mol. The van der Waals surface area contributed by atoms with Gasteiger partial charge >= 0.3 is 0 Å². The summed E-state index contributed by atoms with van der Waals surface area (Å²) in [6.45, 7) is 0. The van der Waals surface area contributed by atoms with Crippen molar-refractivity contribution in [1.82, 2.24) is 0 Å². The maximum atomic E-state index is 13.8. The second-order valence-corrected chi connectivity index (χ2v) is 5.38. The van der Waals surface area contributed by atoms with Gasteiger partial charge in [-0.2, -0.15) is 0 Å². The lowest BCUT2D eigenvalue weighted by molar-refractivity contribution is 0.411. The van der Waals surface area contributed by atoms with Crippen LogP contribution in [0.25, 0.3) is 0 Å². The SMILES string of the molecule is COc1ccc(CSc2ccc(Cl)cc2N)c(F)c1. The van der Waals surface area contributed by atoms with Crippen molar-refractivity contribution in [1.29, 1.82) is 0 Å². The molecule has 0 amide bonds. The number of anilines is 1. The zero-order chi connectivity index (χ0) is 13.8. The van der Waals surface area contributed by atoms with E-state index in [4.69, 9.17) is 22.1 Å². The van der Waals surface area contributed by atoms with Crippen molar-refractivity contribution in [2.24, 2.45) is 0 Å². The molecule has 0 fully saturated rings. The van der Waals surface area contributed by atoms with Crippen LogP contribution in [0.2, 0.25) is 5.02 Å². The minimum Gasteiger partial charge on any atom is -0.497 e. The van der Waals surface area contributed by atoms with E-state index in [1.165, 1.54) is 24.9 Å². The molecule has 0 bridgehead atoms. The smallest absolute Gasteiger partial charge is 0.130 e. The third-order valence-corrected chi connectivity index (χ3v) is 3.99. The Morgan fingerprint density at radius 1 is 1.26 bits per heavy atom. The van der Waals surface area contributed by atoms with Gasteiger partial charge in [-0.15, -0.1) is 11.8 Å². The van der Waals surface area contributed by atoms with Crippen LogP contribution in [0.4, 0.5) is 10.1 Å². The van der Waals surface area contributed by atoms with Crippen LogP contribution >= 0.6 is 23.4 Å². The van der Waals surface area contributed by atoms with Crippen molar-refractivity contribution >= 4 is 29.1 Å². The second kappa shape index (κ2) is 6.17. The number of halogens is 2. The topological polar surface area (TPSA) is 35.2 Å². The Labute approximate surface area is 120 Å². The molecule has 2 rings (SSSR count). The van der Waals surface area contributed by atoms with Crippen LogP contribution in [-0.2, 0) is 5.75 Å². The summed E-state index contributed by atoms with van der Waals surface area (Å²) in [5.41, 5.74) is 7.06. The highest BCUT2D eigenvalue weighted by Crippen LogP contribution is 2.31. The Bertz CT molecular complexity index is 592. The molecule has 0 aliphatic heterocycles. The van der Waals surface area contributed by atoms with Gasteiger partial charge in [-0.25, -0.2) is 4.39 Å². The molecule has 0 aromatic heterocycles. The van der Waals surface area contributed by atoms with E-state index in [9.17, 15) is 4.39 Å². The lowest BCUT2D eigenvalue weighted by Gasteiger charge is -2.08. The lowest BCUT2D eigenvalue weighted by Crippen LogP contribution is -1.92. The number of thioether (sulfide) groups is 1. The first-order valence-corrected chi connectivity index (χ1v) is 6.96. The molecule has 19 heavy (non-hydrogen) atoms. The summed E-state index contributed by atoms with van der Waals surface area (Å²) in [4.78, 5) is 0.889. The van der Waals surface area contributed by atoms with Crippen molar-refractivity contribution in [3.8, 4) is 5.75 Å². The fourth-order valence-electron chi connectivity index (χ4n) is 1.58. The summed E-state index contributed by atoms with van der Waals surface area (Å²) >= 11 is 7.30. The van der Waals surface area contributed by atoms with E-state index in [0.29, 0.717) is 27.8 Å². The number of hydrogen-bond donors (Lipinski definition) is 1. The van der Waals surface area contributed by atoms with Gasteiger partial charge in [0.2, 0.25) is 0 Å². The molecule has 2 aromatic carbocycles. The summed E-state index contributed by atoms with van der Waals surface area (Å²) in [5, 5.41) is 0.595. The maximum absolute atomic E-state index is 13.8. The number of nitrogens with two attached hydrogens (primary N) is 1. The first kappa shape index (κ1) is 14.0. The molecule has 2 aromatic rings. The minimum atomic E-state index is -0.278. The molecule has 2 nitrogen and oxygen atoms in total.